The lowest BCUT2D eigenvalue weighted by Gasteiger charge is -2.17. The molecule has 1 atom stereocenters. The smallest absolute Gasteiger partial charge is 0.277 e. The van der Waals surface area contributed by atoms with Crippen LogP contribution in [0.25, 0.3) is 0 Å². The lowest BCUT2D eigenvalue weighted by molar-refractivity contribution is -0.683. The number of quaternary nitrogens is 1. The molecule has 0 heterocycles. The van der Waals surface area contributed by atoms with Crippen LogP contribution in [0.3, 0.4) is 0 Å². The molecule has 22 heavy (non-hydrogen) atoms. The van der Waals surface area contributed by atoms with Crippen LogP contribution >= 0.6 is 15.9 Å². The number of carbonyl (C=O) groups is 2. The van der Waals surface area contributed by atoms with Gasteiger partial charge in [-0.25, -0.2) is 0 Å². The molecule has 0 spiro atoms. The summed E-state index contributed by atoms with van der Waals surface area (Å²) in [5.41, 5.74) is 1.09. The van der Waals surface area contributed by atoms with Gasteiger partial charge < -0.3 is 20.3 Å². The van der Waals surface area contributed by atoms with E-state index in [-0.39, 0.29) is 30.9 Å². The Morgan fingerprint density at radius 3 is 2.68 bits per heavy atom. The Labute approximate surface area is 139 Å². The van der Waals surface area contributed by atoms with E-state index in [9.17, 15) is 9.59 Å². The van der Waals surface area contributed by atoms with E-state index in [1.54, 1.807) is 21.2 Å². The Kier molecular flexibility index (Phi) is 7.34. The molecular weight excluding hydrogens is 350 g/mol. The Morgan fingerprint density at radius 2 is 2.14 bits per heavy atom. The van der Waals surface area contributed by atoms with E-state index in [0.717, 1.165) is 15.8 Å². The zero-order valence-electron chi connectivity index (χ0n) is 13.4. The third-order valence-corrected chi connectivity index (χ3v) is 4.05. The number of amides is 2. The van der Waals surface area contributed by atoms with Crippen molar-refractivity contribution >= 4 is 27.7 Å². The topological polar surface area (TPSA) is 75.3 Å². The fourth-order valence-corrected chi connectivity index (χ4v) is 2.48. The second-order valence-electron chi connectivity index (χ2n) is 5.05. The summed E-state index contributed by atoms with van der Waals surface area (Å²) in [5, 5.41) is 4.44. The summed E-state index contributed by atoms with van der Waals surface area (Å²) in [7, 11) is 4.80. The molecule has 0 saturated carbocycles. The Hall–Kier alpha value is -1.60. The minimum atomic E-state index is -0.178. The van der Waals surface area contributed by atoms with Gasteiger partial charge in [-0.15, -0.1) is 0 Å². The van der Waals surface area contributed by atoms with Gasteiger partial charge in [-0.05, 0) is 41.1 Å². The predicted molar refractivity (Wildman–Crippen MR) is 87.6 cm³/mol. The van der Waals surface area contributed by atoms with Crippen molar-refractivity contribution in [2.45, 2.75) is 13.0 Å². The fraction of sp³-hybridized carbons (Fsp3) is 0.467. The number of carbonyl (C=O) groups excluding carboxylic acids is 2. The van der Waals surface area contributed by atoms with Gasteiger partial charge in [-0.1, -0.05) is 0 Å². The summed E-state index contributed by atoms with van der Waals surface area (Å²) in [4.78, 5) is 24.7. The minimum Gasteiger partial charge on any atom is -0.496 e. The van der Waals surface area contributed by atoms with Crippen LogP contribution in [0.15, 0.2) is 22.7 Å². The van der Waals surface area contributed by atoms with Gasteiger partial charge in [0.15, 0.2) is 6.54 Å². The number of hydrogen-bond acceptors (Lipinski definition) is 3. The van der Waals surface area contributed by atoms with Crippen LogP contribution in [0.5, 0.6) is 5.75 Å². The van der Waals surface area contributed by atoms with E-state index in [0.29, 0.717) is 0 Å². The van der Waals surface area contributed by atoms with Gasteiger partial charge in [0.25, 0.3) is 5.91 Å². The lowest BCUT2D eigenvalue weighted by Crippen LogP contribution is -2.87. The molecule has 0 fully saturated rings. The monoisotopic (exact) mass is 372 g/mol. The van der Waals surface area contributed by atoms with Crippen molar-refractivity contribution in [1.29, 1.82) is 0 Å². The van der Waals surface area contributed by atoms with E-state index in [2.05, 4.69) is 21.2 Å². The number of methoxy groups -OCH3 is 1. The molecule has 0 unspecified atom stereocenters. The Bertz CT molecular complexity index is 537. The molecule has 0 saturated heterocycles. The molecule has 1 aromatic carbocycles. The van der Waals surface area contributed by atoms with Gasteiger partial charge in [0.1, 0.15) is 11.8 Å². The Balaban J connectivity index is 2.55. The first-order chi connectivity index (χ1) is 10.4. The molecule has 122 valence electrons. The summed E-state index contributed by atoms with van der Waals surface area (Å²) in [5.74, 6) is 0.517. The molecule has 1 aromatic rings. The highest BCUT2D eigenvalue weighted by molar-refractivity contribution is 9.10. The molecule has 0 bridgehead atoms. The number of likely N-dealkylation sites (N-methyl/N-ethyl adjacent to an activating group) is 2. The van der Waals surface area contributed by atoms with Crippen molar-refractivity contribution < 1.29 is 19.6 Å². The molecule has 2 amide bonds. The summed E-state index contributed by atoms with van der Waals surface area (Å²) >= 11 is 3.46. The molecule has 1 rings (SSSR count). The van der Waals surface area contributed by atoms with Gasteiger partial charge in [0, 0.05) is 19.7 Å². The standard InChI is InChI=1S/C15H22BrN3O3/c1-10(11-5-6-13(22-4)12(16)7-11)18-8-15(21)19(3)9-14(20)17-2/h5-7,10,18H,8-9H2,1-4H3,(H,17,20)/p+1/t10-/m0/s1. The molecule has 7 heteroatoms. The Morgan fingerprint density at radius 1 is 1.45 bits per heavy atom. The number of hydrogen-bond donors (Lipinski definition) is 2. The van der Waals surface area contributed by atoms with Gasteiger partial charge in [-0.2, -0.15) is 0 Å². The number of nitrogens with zero attached hydrogens (tertiary/aromatic N) is 1. The van der Waals surface area contributed by atoms with Gasteiger partial charge in [0.2, 0.25) is 5.91 Å². The first kappa shape index (κ1) is 18.4. The summed E-state index contributed by atoms with van der Waals surface area (Å²) in [6.07, 6.45) is 0. The zero-order valence-corrected chi connectivity index (χ0v) is 14.9. The van der Waals surface area contributed by atoms with Crippen LogP contribution < -0.4 is 15.4 Å². The third kappa shape index (κ3) is 5.31. The molecule has 0 aromatic heterocycles. The van der Waals surface area contributed by atoms with Crippen LogP contribution in [-0.4, -0.2) is 51.0 Å². The van der Waals surface area contributed by atoms with Gasteiger partial charge in [-0.3, -0.25) is 9.59 Å². The van der Waals surface area contributed by atoms with E-state index in [1.807, 2.05) is 30.4 Å². The van der Waals surface area contributed by atoms with Gasteiger partial charge >= 0.3 is 0 Å². The average molecular weight is 373 g/mol. The van der Waals surface area contributed by atoms with Crippen molar-refractivity contribution in [2.75, 3.05) is 34.3 Å². The van der Waals surface area contributed by atoms with Crippen LogP contribution in [0.2, 0.25) is 0 Å². The normalized spacial score (nSPS) is 11.7. The number of nitrogens with one attached hydrogen (secondary N) is 1. The van der Waals surface area contributed by atoms with E-state index in [1.165, 1.54) is 4.90 Å². The highest BCUT2D eigenvalue weighted by Gasteiger charge is 2.17. The summed E-state index contributed by atoms with van der Waals surface area (Å²) < 4.78 is 6.09. The first-order valence-electron chi connectivity index (χ1n) is 7.00. The van der Waals surface area contributed by atoms with Crippen molar-refractivity contribution in [2.24, 2.45) is 0 Å². The molecule has 0 aliphatic heterocycles. The first-order valence-corrected chi connectivity index (χ1v) is 7.79. The molecule has 3 N–H and O–H groups in total. The van der Waals surface area contributed by atoms with E-state index >= 15 is 0 Å². The molecular formula is C15H23BrN3O3+. The van der Waals surface area contributed by atoms with Crippen LogP contribution in [0, 0.1) is 0 Å². The minimum absolute atomic E-state index is 0.0750. The lowest BCUT2D eigenvalue weighted by atomic mass is 10.1. The van der Waals surface area contributed by atoms with E-state index < -0.39 is 0 Å². The van der Waals surface area contributed by atoms with Crippen LogP contribution in [0.4, 0.5) is 0 Å². The van der Waals surface area contributed by atoms with Crippen LogP contribution in [-0.2, 0) is 9.59 Å². The number of ether oxygens (including phenoxy) is 1. The average Bonchev–Trinajstić information content (AvgIpc) is 2.51. The number of rotatable bonds is 7. The highest BCUT2D eigenvalue weighted by atomic mass is 79.9. The summed E-state index contributed by atoms with van der Waals surface area (Å²) in [6, 6.07) is 5.98. The maximum atomic E-state index is 12.0. The van der Waals surface area contributed by atoms with Crippen molar-refractivity contribution in [3.05, 3.63) is 28.2 Å². The third-order valence-electron chi connectivity index (χ3n) is 3.43. The van der Waals surface area contributed by atoms with E-state index in [4.69, 9.17) is 4.74 Å². The predicted octanol–water partition coefficient (Wildman–Crippen LogP) is 0.287. The molecule has 0 aliphatic carbocycles. The molecule has 6 nitrogen and oxygen atoms in total. The maximum absolute atomic E-state index is 12.0. The number of halogens is 1. The zero-order chi connectivity index (χ0) is 16.7. The van der Waals surface area contributed by atoms with Crippen molar-refractivity contribution in [1.82, 2.24) is 10.2 Å². The fourth-order valence-electron chi connectivity index (χ4n) is 1.92. The quantitative estimate of drug-likeness (QED) is 0.721. The number of benzene rings is 1. The summed E-state index contributed by atoms with van der Waals surface area (Å²) in [6.45, 7) is 2.39. The van der Waals surface area contributed by atoms with Crippen LogP contribution in [0.1, 0.15) is 18.5 Å². The molecule has 0 aliphatic rings. The second kappa shape index (κ2) is 8.75. The van der Waals surface area contributed by atoms with Crippen molar-refractivity contribution in [3.63, 3.8) is 0 Å². The van der Waals surface area contributed by atoms with Gasteiger partial charge in [0.05, 0.1) is 18.1 Å². The van der Waals surface area contributed by atoms with Crippen molar-refractivity contribution in [3.8, 4) is 5.75 Å². The number of nitrogens with two attached hydrogens (primary N) is 1. The second-order valence-corrected chi connectivity index (χ2v) is 5.90. The molecule has 0 radical (unpaired) electrons. The highest BCUT2D eigenvalue weighted by Crippen LogP contribution is 2.26. The maximum Gasteiger partial charge on any atom is 0.277 e. The largest absolute Gasteiger partial charge is 0.496 e. The SMILES string of the molecule is CNC(=O)CN(C)C(=O)C[NH2+][C@@H](C)c1ccc(OC)c(Br)c1.